The number of nitrogens with one attached hydrogen (secondary N) is 1. The summed E-state index contributed by atoms with van der Waals surface area (Å²) in [4.78, 5) is 21.0. The Bertz CT molecular complexity index is 1570. The number of nitrogen functional groups attached to an aromatic ring is 1. The number of nitrogens with zero attached hydrogens (tertiary/aromatic N) is 3. The number of rotatable bonds is 4. The second-order valence-corrected chi connectivity index (χ2v) is 7.95. The number of amides is 1. The molecule has 0 unspecified atom stereocenters. The van der Waals surface area contributed by atoms with Crippen LogP contribution in [-0.2, 0) is 11.0 Å². The Labute approximate surface area is 201 Å². The largest absolute Gasteiger partial charge is 0.416 e. The van der Waals surface area contributed by atoms with Crippen LogP contribution in [0.25, 0.3) is 16.8 Å². The molecular weight excluding hydrogens is 466 g/mol. The number of nitrogens with two attached hydrogens (primary N) is 1. The van der Waals surface area contributed by atoms with Crippen molar-refractivity contribution < 1.29 is 31.6 Å². The lowest BCUT2D eigenvalue weighted by Gasteiger charge is -2.15. The van der Waals surface area contributed by atoms with E-state index in [9.17, 15) is 27.5 Å². The van der Waals surface area contributed by atoms with E-state index in [1.165, 1.54) is 28.8 Å². The maximum Gasteiger partial charge on any atom is 0.416 e. The van der Waals surface area contributed by atoms with Crippen molar-refractivity contribution in [3.05, 3.63) is 76.6 Å². The molecule has 0 saturated heterocycles. The highest BCUT2D eigenvalue weighted by Gasteiger charge is 2.32. The van der Waals surface area contributed by atoms with Gasteiger partial charge in [-0.3, -0.25) is 9.20 Å². The van der Waals surface area contributed by atoms with E-state index in [1.807, 2.05) is 0 Å². The molecule has 182 valence electrons. The van der Waals surface area contributed by atoms with E-state index in [0.29, 0.717) is 29.0 Å². The van der Waals surface area contributed by atoms with Crippen LogP contribution in [0, 0.1) is 26.5 Å². The van der Waals surface area contributed by atoms with Crippen LogP contribution in [0.5, 0.6) is 0 Å². The summed E-state index contributed by atoms with van der Waals surface area (Å²) in [7, 11) is 0. The number of aromatic nitrogens is 3. The van der Waals surface area contributed by atoms with E-state index in [4.69, 9.17) is 9.85 Å². The molecule has 11 heteroatoms. The lowest BCUT2D eigenvalue weighted by molar-refractivity contribution is -0.138. The predicted molar refractivity (Wildman–Crippen MR) is 122 cm³/mol. The molecule has 0 aliphatic carbocycles. The van der Waals surface area contributed by atoms with E-state index >= 15 is 0 Å². The molecular formula is C24H21F4N5O2. The maximum atomic E-state index is 13.7. The van der Waals surface area contributed by atoms with Crippen molar-refractivity contribution in [2.45, 2.75) is 33.0 Å². The van der Waals surface area contributed by atoms with Crippen molar-refractivity contribution in [1.82, 2.24) is 14.4 Å². The predicted octanol–water partition coefficient (Wildman–Crippen LogP) is 4.73. The van der Waals surface area contributed by atoms with Gasteiger partial charge in [0.25, 0.3) is 5.91 Å². The minimum Gasteiger partial charge on any atom is -0.382 e. The Morgan fingerprint density at radius 1 is 1.23 bits per heavy atom. The van der Waals surface area contributed by atoms with Crippen molar-refractivity contribution >= 4 is 22.9 Å². The number of hydrogen-bond acceptors (Lipinski definition) is 5. The van der Waals surface area contributed by atoms with Gasteiger partial charge in [0, 0.05) is 27.3 Å². The number of hydrogen-bond donors (Lipinski definition) is 3. The minimum atomic E-state index is -4.87. The summed E-state index contributed by atoms with van der Waals surface area (Å²) in [6.07, 6.45) is -5.52. The molecule has 0 bridgehead atoms. The maximum absolute atomic E-state index is 13.7. The first-order chi connectivity index (χ1) is 17.6. The van der Waals surface area contributed by atoms with E-state index in [0.717, 1.165) is 0 Å². The number of benzene rings is 2. The van der Waals surface area contributed by atoms with Gasteiger partial charge in [-0.15, -0.1) is 0 Å². The fraction of sp³-hybridized carbons (Fsp3) is 0.208. The fourth-order valence-electron chi connectivity index (χ4n) is 3.77. The van der Waals surface area contributed by atoms with Crippen molar-refractivity contribution in [3.63, 3.8) is 0 Å². The normalized spacial score (nSPS) is 14.3. The molecule has 0 fully saturated rings. The van der Waals surface area contributed by atoms with Gasteiger partial charge in [0.1, 0.15) is 28.7 Å². The van der Waals surface area contributed by atoms with Crippen LogP contribution >= 0.6 is 0 Å². The number of aliphatic hydroxyl groups excluding tert-OH is 1. The summed E-state index contributed by atoms with van der Waals surface area (Å²) in [5, 5.41) is 12.7. The second kappa shape index (κ2) is 8.66. The van der Waals surface area contributed by atoms with Gasteiger partial charge in [-0.25, -0.2) is 14.4 Å². The number of halogens is 4. The number of carbonyl (C=O) groups excluding carboxylic acids is 1. The number of imidazole rings is 1. The van der Waals surface area contributed by atoms with Crippen molar-refractivity contribution in [1.29, 1.82) is 0 Å². The second-order valence-electron chi connectivity index (χ2n) is 7.95. The number of carbonyl (C=O) groups is 1. The zero-order chi connectivity index (χ0) is 28.2. The highest BCUT2D eigenvalue weighted by Crippen LogP contribution is 2.34. The SMILES string of the molecule is [2H]C([2H])([2H])c1nc(-c2ccc(NC(=O)[C@H](O)c3cc(F)cc(C(F)(F)F)c3)cc2C)c2c(N)ncc(C)n12. The summed E-state index contributed by atoms with van der Waals surface area (Å²) in [5.41, 5.74) is 6.38. The number of fused-ring (bicyclic) bond motifs is 1. The van der Waals surface area contributed by atoms with Crippen molar-refractivity contribution in [2.24, 2.45) is 0 Å². The Morgan fingerprint density at radius 3 is 2.63 bits per heavy atom. The van der Waals surface area contributed by atoms with Crippen molar-refractivity contribution in [3.8, 4) is 11.3 Å². The molecule has 0 aliphatic heterocycles. The van der Waals surface area contributed by atoms with E-state index in [1.54, 1.807) is 13.8 Å². The minimum absolute atomic E-state index is 0.0572. The number of anilines is 2. The topological polar surface area (TPSA) is 106 Å². The third kappa shape index (κ3) is 4.54. The Balaban J connectivity index is 1.68. The van der Waals surface area contributed by atoms with Gasteiger partial charge in [-0.1, -0.05) is 6.07 Å². The Kier molecular flexibility index (Phi) is 5.04. The van der Waals surface area contributed by atoms with E-state index < -0.39 is 42.0 Å². The molecule has 4 rings (SSSR count). The van der Waals surface area contributed by atoms with Gasteiger partial charge in [0.05, 0.1) is 5.56 Å². The summed E-state index contributed by atoms with van der Waals surface area (Å²) in [6.45, 7) is 0.761. The van der Waals surface area contributed by atoms with Crippen molar-refractivity contribution in [2.75, 3.05) is 11.1 Å². The zero-order valence-electron chi connectivity index (χ0n) is 21.4. The molecule has 0 radical (unpaired) electrons. The third-order valence-electron chi connectivity index (χ3n) is 5.42. The molecule has 0 aliphatic rings. The van der Waals surface area contributed by atoms with Gasteiger partial charge in [0.2, 0.25) is 0 Å². The van der Waals surface area contributed by atoms with Gasteiger partial charge in [-0.2, -0.15) is 13.2 Å². The van der Waals surface area contributed by atoms with Crippen LogP contribution < -0.4 is 11.1 Å². The van der Waals surface area contributed by atoms with Crippen LogP contribution in [-0.4, -0.2) is 25.4 Å². The summed E-state index contributed by atoms with van der Waals surface area (Å²) < 4.78 is 77.7. The Hall–Kier alpha value is -3.99. The molecule has 2 heterocycles. The van der Waals surface area contributed by atoms with Crippen LogP contribution in [0.15, 0.2) is 42.6 Å². The third-order valence-corrected chi connectivity index (χ3v) is 5.42. The molecule has 4 N–H and O–H groups in total. The highest BCUT2D eigenvalue weighted by molar-refractivity contribution is 5.95. The van der Waals surface area contributed by atoms with E-state index in [2.05, 4.69) is 15.3 Å². The monoisotopic (exact) mass is 490 g/mol. The quantitative estimate of drug-likeness (QED) is 0.359. The molecule has 2 aromatic carbocycles. The number of aliphatic hydroxyl groups is 1. The average Bonchev–Trinajstić information content (AvgIpc) is 3.22. The summed E-state index contributed by atoms with van der Waals surface area (Å²) >= 11 is 0. The van der Waals surface area contributed by atoms with Crippen LogP contribution in [0.3, 0.4) is 0 Å². The molecule has 1 atom stereocenters. The molecule has 0 spiro atoms. The molecule has 0 saturated carbocycles. The number of aryl methyl sites for hydroxylation is 3. The van der Waals surface area contributed by atoms with Gasteiger partial charge < -0.3 is 16.2 Å². The smallest absolute Gasteiger partial charge is 0.382 e. The first kappa shape index (κ1) is 20.4. The molecule has 35 heavy (non-hydrogen) atoms. The first-order valence-electron chi connectivity index (χ1n) is 11.7. The molecule has 1 amide bonds. The zero-order valence-corrected chi connectivity index (χ0v) is 18.4. The summed E-state index contributed by atoms with van der Waals surface area (Å²) in [5.74, 6) is -2.49. The van der Waals surface area contributed by atoms with Crippen LogP contribution in [0.4, 0.5) is 29.1 Å². The molecule has 4 aromatic rings. The highest BCUT2D eigenvalue weighted by atomic mass is 19.4. The summed E-state index contributed by atoms with van der Waals surface area (Å²) in [6, 6.07) is 5.85. The first-order valence-corrected chi connectivity index (χ1v) is 10.2. The van der Waals surface area contributed by atoms with Gasteiger partial charge in [0.15, 0.2) is 6.10 Å². The fourth-order valence-corrected chi connectivity index (χ4v) is 3.77. The average molecular weight is 490 g/mol. The Morgan fingerprint density at radius 2 is 1.97 bits per heavy atom. The lowest BCUT2D eigenvalue weighted by Crippen LogP contribution is -2.21. The molecule has 2 aromatic heterocycles. The van der Waals surface area contributed by atoms with Gasteiger partial charge >= 0.3 is 6.18 Å². The van der Waals surface area contributed by atoms with Crippen LogP contribution in [0.1, 0.15) is 38.4 Å². The van der Waals surface area contributed by atoms with E-state index in [-0.39, 0.29) is 34.6 Å². The van der Waals surface area contributed by atoms with Crippen LogP contribution in [0.2, 0.25) is 0 Å². The molecule has 7 nitrogen and oxygen atoms in total. The standard InChI is InChI=1S/C24H21F4N5O2/c1-11-6-17(32-23(35)21(34)14-7-15(24(26,27)28)9-16(25)8-14)4-5-18(11)19-20-22(29)30-10-12(2)33(20)13(3)31-19/h4-10,21,34H,1-3H3,(H2,29,30)(H,32,35)/t21-/m1/s1/i3D3. The number of alkyl halides is 3. The lowest BCUT2D eigenvalue weighted by atomic mass is 10.0. The van der Waals surface area contributed by atoms with Gasteiger partial charge in [-0.05, 0) is 62.2 Å².